The van der Waals surface area contributed by atoms with E-state index in [2.05, 4.69) is 194 Å². The van der Waals surface area contributed by atoms with Crippen molar-refractivity contribution in [2.75, 3.05) is 0 Å². The molecule has 0 aliphatic rings. The second-order valence-corrected chi connectivity index (χ2v) is 15.3. The highest BCUT2D eigenvalue weighted by Gasteiger charge is 2.39. The lowest BCUT2D eigenvalue weighted by Crippen LogP contribution is -2.31. The van der Waals surface area contributed by atoms with E-state index in [0.717, 1.165) is 0 Å². The molecule has 2 aromatic heterocycles. The highest BCUT2D eigenvalue weighted by molar-refractivity contribution is 7.26. The molecule has 51 heavy (non-hydrogen) atoms. The zero-order valence-corrected chi connectivity index (χ0v) is 29.4. The van der Waals surface area contributed by atoms with E-state index in [1.807, 2.05) is 22.7 Å². The molecule has 0 amide bonds. The van der Waals surface area contributed by atoms with Crippen LogP contribution in [0.25, 0.3) is 62.6 Å². The summed E-state index contributed by atoms with van der Waals surface area (Å²) in [5, 5.41) is 5.28. The minimum atomic E-state index is -0.573. The van der Waals surface area contributed by atoms with Crippen molar-refractivity contribution in [2.24, 2.45) is 0 Å². The van der Waals surface area contributed by atoms with Gasteiger partial charge in [0.1, 0.15) is 0 Å². The number of hydrogen-bond acceptors (Lipinski definition) is 2. The second-order valence-electron chi connectivity index (χ2n) is 13.2. The Morgan fingerprint density at radius 1 is 0.294 bits per heavy atom. The topological polar surface area (TPSA) is 0 Å². The SMILES string of the molecule is c1ccc(C(c2ccccc2)(c2cccc(-c3cccc4c3sc3ccccc34)c2)c2cccc(-c3cccc4c3sc3ccccc34)c2)cc1. The van der Waals surface area contributed by atoms with Gasteiger partial charge in [0.15, 0.2) is 0 Å². The van der Waals surface area contributed by atoms with Crippen LogP contribution in [0.15, 0.2) is 194 Å². The molecule has 2 heteroatoms. The fraction of sp³-hybridized carbons (Fsp3) is 0.0204. The molecule has 0 aliphatic heterocycles. The first-order valence-electron chi connectivity index (χ1n) is 17.4. The maximum absolute atomic E-state index is 2.44. The molecular formula is C49H32S2. The van der Waals surface area contributed by atoms with Gasteiger partial charge in [0.25, 0.3) is 0 Å². The van der Waals surface area contributed by atoms with Crippen molar-refractivity contribution < 1.29 is 0 Å². The predicted octanol–water partition coefficient (Wildman–Crippen LogP) is 14.1. The van der Waals surface area contributed by atoms with Gasteiger partial charge in [0, 0.05) is 40.3 Å². The molecule has 0 saturated carbocycles. The van der Waals surface area contributed by atoms with Crippen molar-refractivity contribution in [3.8, 4) is 22.3 Å². The van der Waals surface area contributed by atoms with Crippen LogP contribution >= 0.6 is 22.7 Å². The summed E-state index contributed by atoms with van der Waals surface area (Å²) in [6, 6.07) is 71.8. The third kappa shape index (κ3) is 4.79. The number of fused-ring (bicyclic) bond motifs is 6. The molecule has 0 saturated heterocycles. The Bertz CT molecular complexity index is 2660. The smallest absolute Gasteiger partial charge is 0.0702 e. The first-order valence-corrected chi connectivity index (χ1v) is 19.1. The second kappa shape index (κ2) is 12.2. The fourth-order valence-electron chi connectivity index (χ4n) is 8.17. The minimum Gasteiger partial charge on any atom is -0.135 e. The van der Waals surface area contributed by atoms with Crippen LogP contribution in [0.1, 0.15) is 22.3 Å². The Labute approximate surface area is 305 Å². The van der Waals surface area contributed by atoms with Gasteiger partial charge in [-0.2, -0.15) is 0 Å². The summed E-state index contributed by atoms with van der Waals surface area (Å²) in [5.74, 6) is 0. The number of rotatable bonds is 6. The highest BCUT2D eigenvalue weighted by atomic mass is 32.1. The van der Waals surface area contributed by atoms with Gasteiger partial charge in [-0.15, -0.1) is 22.7 Å². The zero-order chi connectivity index (χ0) is 33.8. The fourth-order valence-corrected chi connectivity index (χ4v) is 10.6. The van der Waals surface area contributed by atoms with Crippen molar-refractivity contribution in [2.45, 2.75) is 5.41 Å². The molecule has 0 spiro atoms. The van der Waals surface area contributed by atoms with Crippen LogP contribution < -0.4 is 0 Å². The van der Waals surface area contributed by atoms with Crippen molar-refractivity contribution in [1.29, 1.82) is 0 Å². The largest absolute Gasteiger partial charge is 0.135 e. The van der Waals surface area contributed by atoms with Crippen molar-refractivity contribution in [1.82, 2.24) is 0 Å². The molecular weight excluding hydrogens is 653 g/mol. The average molecular weight is 685 g/mol. The Hall–Kier alpha value is -5.80. The molecule has 2 heterocycles. The molecule has 10 rings (SSSR count). The summed E-state index contributed by atoms with van der Waals surface area (Å²) in [5.41, 5.74) is 9.40. The van der Waals surface area contributed by atoms with Gasteiger partial charge in [-0.1, -0.05) is 170 Å². The molecule has 0 nitrogen and oxygen atoms in total. The Morgan fingerprint density at radius 3 is 1.14 bits per heavy atom. The van der Waals surface area contributed by atoms with Gasteiger partial charge in [-0.05, 0) is 68.8 Å². The number of thiophene rings is 2. The van der Waals surface area contributed by atoms with E-state index >= 15 is 0 Å². The van der Waals surface area contributed by atoms with Gasteiger partial charge in [0.2, 0.25) is 0 Å². The molecule has 0 atom stereocenters. The van der Waals surface area contributed by atoms with Crippen molar-refractivity contribution >= 4 is 63.0 Å². The predicted molar refractivity (Wildman–Crippen MR) is 221 cm³/mol. The van der Waals surface area contributed by atoms with Crippen LogP contribution in [0, 0.1) is 0 Å². The molecule has 0 radical (unpaired) electrons. The van der Waals surface area contributed by atoms with Gasteiger partial charge in [0.05, 0.1) is 5.41 Å². The average Bonchev–Trinajstić information content (AvgIpc) is 3.78. The zero-order valence-electron chi connectivity index (χ0n) is 27.8. The summed E-state index contributed by atoms with van der Waals surface area (Å²) in [6.45, 7) is 0. The van der Waals surface area contributed by atoms with Crippen LogP contribution in [-0.2, 0) is 5.41 Å². The Morgan fingerprint density at radius 2 is 0.667 bits per heavy atom. The van der Waals surface area contributed by atoms with Gasteiger partial charge in [-0.3, -0.25) is 0 Å². The maximum Gasteiger partial charge on any atom is 0.0702 e. The minimum absolute atomic E-state index is 0.573. The van der Waals surface area contributed by atoms with Gasteiger partial charge in [-0.25, -0.2) is 0 Å². The van der Waals surface area contributed by atoms with E-state index < -0.39 is 5.41 Å². The molecule has 10 aromatic rings. The van der Waals surface area contributed by atoms with E-state index in [1.165, 1.54) is 84.9 Å². The first kappa shape index (κ1) is 30.1. The summed E-state index contributed by atoms with van der Waals surface area (Å²) in [6.07, 6.45) is 0. The van der Waals surface area contributed by atoms with Gasteiger partial charge >= 0.3 is 0 Å². The lowest BCUT2D eigenvalue weighted by atomic mass is 9.64. The molecule has 0 unspecified atom stereocenters. The lowest BCUT2D eigenvalue weighted by molar-refractivity contribution is 0.746. The summed E-state index contributed by atoms with van der Waals surface area (Å²) >= 11 is 3.78. The van der Waals surface area contributed by atoms with E-state index in [9.17, 15) is 0 Å². The number of benzene rings is 8. The Kier molecular flexibility index (Phi) is 7.20. The van der Waals surface area contributed by atoms with Crippen LogP contribution in [-0.4, -0.2) is 0 Å². The molecule has 240 valence electrons. The van der Waals surface area contributed by atoms with Gasteiger partial charge < -0.3 is 0 Å². The van der Waals surface area contributed by atoms with Crippen LogP contribution in [0.2, 0.25) is 0 Å². The van der Waals surface area contributed by atoms with Crippen molar-refractivity contribution in [3.63, 3.8) is 0 Å². The summed E-state index contributed by atoms with van der Waals surface area (Å²) < 4.78 is 5.31. The molecule has 0 N–H and O–H groups in total. The molecule has 0 bridgehead atoms. The van der Waals surface area contributed by atoms with Crippen molar-refractivity contribution in [3.05, 3.63) is 216 Å². The molecule has 0 fully saturated rings. The van der Waals surface area contributed by atoms with E-state index in [4.69, 9.17) is 0 Å². The number of hydrogen-bond donors (Lipinski definition) is 0. The third-order valence-electron chi connectivity index (χ3n) is 10.4. The van der Waals surface area contributed by atoms with E-state index in [-0.39, 0.29) is 0 Å². The molecule has 0 aliphatic carbocycles. The Balaban J connectivity index is 1.24. The maximum atomic E-state index is 2.44. The standard InChI is InChI=1S/C49H32S2/c1-3-17-35(18-4-1)49(36-19-5-2-6-20-36,37-21-11-15-33(31-37)39-25-13-27-43-41-23-7-9-29-45(41)50-47(39)43)38-22-12-16-34(32-38)40-26-14-28-44-42-24-8-10-30-46(42)51-48(40)44/h1-32H. The van der Waals surface area contributed by atoms with Crippen LogP contribution in [0.5, 0.6) is 0 Å². The lowest BCUT2D eigenvalue weighted by Gasteiger charge is -2.37. The summed E-state index contributed by atoms with van der Waals surface area (Å²) in [4.78, 5) is 0. The summed E-state index contributed by atoms with van der Waals surface area (Å²) in [7, 11) is 0. The normalized spacial score (nSPS) is 11.9. The molecule has 8 aromatic carbocycles. The first-order chi connectivity index (χ1) is 25.3. The van der Waals surface area contributed by atoms with Crippen LogP contribution in [0.3, 0.4) is 0 Å². The monoisotopic (exact) mass is 684 g/mol. The van der Waals surface area contributed by atoms with E-state index in [1.54, 1.807) is 0 Å². The van der Waals surface area contributed by atoms with Crippen LogP contribution in [0.4, 0.5) is 0 Å². The quantitative estimate of drug-likeness (QED) is 0.153. The third-order valence-corrected chi connectivity index (χ3v) is 12.9. The van der Waals surface area contributed by atoms with E-state index in [0.29, 0.717) is 0 Å². The highest BCUT2D eigenvalue weighted by Crippen LogP contribution is 2.48.